The van der Waals surface area contributed by atoms with Crippen LogP contribution in [0.4, 0.5) is 4.79 Å². The largest absolute Gasteiger partial charge is 0.469 e. The monoisotopic (exact) mass is 549 g/mol. The van der Waals surface area contributed by atoms with Crippen molar-refractivity contribution in [1.82, 2.24) is 14.8 Å². The molecule has 0 N–H and O–H groups in total. The van der Waals surface area contributed by atoms with Crippen LogP contribution in [0, 0.1) is 0 Å². The third-order valence-corrected chi connectivity index (χ3v) is 6.86. The Hall–Kier alpha value is -2.16. The summed E-state index contributed by atoms with van der Waals surface area (Å²) in [5.74, 6) is -0.794. The zero-order chi connectivity index (χ0) is 24.6. The van der Waals surface area contributed by atoms with E-state index in [4.69, 9.17) is 26.1 Å². The first-order chi connectivity index (χ1) is 16.1. The van der Waals surface area contributed by atoms with Gasteiger partial charge in [-0.3, -0.25) is 14.7 Å². The molecule has 2 unspecified atom stereocenters. The molecule has 2 aliphatic rings. The van der Waals surface area contributed by atoms with E-state index in [0.717, 1.165) is 26.9 Å². The number of carbonyl (C=O) groups excluding carboxylic acids is 2. The average Bonchev–Trinajstić information content (AvgIpc) is 2.91. The van der Waals surface area contributed by atoms with Crippen molar-refractivity contribution >= 4 is 39.6 Å². The number of nitrogens with zero attached hydrogens (tertiary/aromatic N) is 3. The molecular formula is C25H29BrClN3O4. The highest BCUT2D eigenvalue weighted by Gasteiger charge is 2.38. The summed E-state index contributed by atoms with van der Waals surface area (Å²) >= 11 is 9.87. The van der Waals surface area contributed by atoms with Gasteiger partial charge >= 0.3 is 12.1 Å². The van der Waals surface area contributed by atoms with Gasteiger partial charge in [0.1, 0.15) is 5.60 Å². The van der Waals surface area contributed by atoms with Crippen LogP contribution < -0.4 is 0 Å². The lowest BCUT2D eigenvalue weighted by molar-refractivity contribution is -0.142. The zero-order valence-electron chi connectivity index (χ0n) is 19.8. The van der Waals surface area contributed by atoms with Gasteiger partial charge in [0.05, 0.1) is 24.8 Å². The number of amides is 1. The van der Waals surface area contributed by atoms with E-state index in [1.165, 1.54) is 7.11 Å². The number of carbonyl (C=O) groups is 2. The van der Waals surface area contributed by atoms with Crippen LogP contribution in [0.5, 0.6) is 0 Å². The number of fused-ring (bicyclic) bond motifs is 2. The quantitative estimate of drug-likeness (QED) is 0.493. The predicted molar refractivity (Wildman–Crippen MR) is 133 cm³/mol. The van der Waals surface area contributed by atoms with Crippen molar-refractivity contribution in [3.05, 3.63) is 62.3 Å². The van der Waals surface area contributed by atoms with Crippen LogP contribution in [0.25, 0.3) is 0 Å². The predicted octanol–water partition coefficient (Wildman–Crippen LogP) is 4.95. The molecule has 1 saturated heterocycles. The number of rotatable bonds is 2. The number of hydrogen-bond donors (Lipinski definition) is 0. The Balaban J connectivity index is 1.71. The van der Waals surface area contributed by atoms with Crippen LogP contribution in [0.1, 0.15) is 55.1 Å². The summed E-state index contributed by atoms with van der Waals surface area (Å²) in [4.78, 5) is 34.3. The molecule has 0 saturated carbocycles. The molecule has 1 aliphatic carbocycles. The SMILES string of the molecule is COC(=O)C1Cc2cc(Cl)ccc2C(N2CCN(C(=O)OC(C)(C)C)CC2)c2ncc(Br)cc21. The van der Waals surface area contributed by atoms with E-state index in [-0.39, 0.29) is 18.1 Å². The van der Waals surface area contributed by atoms with E-state index in [1.807, 2.05) is 45.0 Å². The van der Waals surface area contributed by atoms with Gasteiger partial charge in [0.15, 0.2) is 0 Å². The van der Waals surface area contributed by atoms with Crippen LogP contribution in [-0.2, 0) is 20.7 Å². The van der Waals surface area contributed by atoms with Crippen molar-refractivity contribution in [2.45, 2.75) is 44.8 Å². The normalized spacial score (nSPS) is 20.7. The highest BCUT2D eigenvalue weighted by atomic mass is 79.9. The number of piperazine rings is 1. The first-order valence-corrected chi connectivity index (χ1v) is 12.5. The summed E-state index contributed by atoms with van der Waals surface area (Å²) < 4.78 is 11.5. The van der Waals surface area contributed by atoms with Gasteiger partial charge in [0.25, 0.3) is 0 Å². The van der Waals surface area contributed by atoms with E-state index in [1.54, 1.807) is 11.1 Å². The average molecular weight is 551 g/mol. The van der Waals surface area contributed by atoms with Gasteiger partial charge in [0.2, 0.25) is 0 Å². The van der Waals surface area contributed by atoms with Crippen LogP contribution in [-0.4, -0.2) is 65.7 Å². The molecule has 2 atom stereocenters. The number of halogens is 2. The third-order valence-electron chi connectivity index (χ3n) is 6.19. The second-order valence-corrected chi connectivity index (χ2v) is 11.0. The molecule has 182 valence electrons. The van der Waals surface area contributed by atoms with Crippen molar-refractivity contribution in [3.8, 4) is 0 Å². The molecule has 0 radical (unpaired) electrons. The van der Waals surface area contributed by atoms with Crippen molar-refractivity contribution in [2.75, 3.05) is 33.3 Å². The Morgan fingerprint density at radius 2 is 1.82 bits per heavy atom. The molecule has 4 rings (SSSR count). The molecule has 1 aromatic carbocycles. The third kappa shape index (κ3) is 5.24. The van der Waals surface area contributed by atoms with Crippen LogP contribution in [0.2, 0.25) is 5.02 Å². The minimum absolute atomic E-state index is 0.175. The lowest BCUT2D eigenvalue weighted by atomic mass is 9.93. The fourth-order valence-electron chi connectivity index (χ4n) is 4.68. The van der Waals surface area contributed by atoms with Crippen molar-refractivity contribution in [1.29, 1.82) is 0 Å². The lowest BCUT2D eigenvalue weighted by Crippen LogP contribution is -2.51. The summed E-state index contributed by atoms with van der Waals surface area (Å²) in [5.41, 5.74) is 3.19. The number of methoxy groups -OCH3 is 1. The van der Waals surface area contributed by atoms with Crippen molar-refractivity contribution in [2.24, 2.45) is 0 Å². The second kappa shape index (κ2) is 9.84. The highest BCUT2D eigenvalue weighted by molar-refractivity contribution is 9.10. The van der Waals surface area contributed by atoms with Crippen LogP contribution in [0.3, 0.4) is 0 Å². The minimum Gasteiger partial charge on any atom is -0.469 e. The topological polar surface area (TPSA) is 72.0 Å². The van der Waals surface area contributed by atoms with E-state index in [2.05, 4.69) is 20.8 Å². The van der Waals surface area contributed by atoms with Crippen LogP contribution in [0.15, 0.2) is 34.9 Å². The molecule has 1 fully saturated rings. The Labute approximate surface area is 213 Å². The molecule has 0 bridgehead atoms. The Bertz CT molecular complexity index is 1100. The zero-order valence-corrected chi connectivity index (χ0v) is 22.1. The fraction of sp³-hybridized carbons (Fsp3) is 0.480. The summed E-state index contributed by atoms with van der Waals surface area (Å²) in [6, 6.07) is 7.61. The van der Waals surface area contributed by atoms with Gasteiger partial charge in [-0.05, 0) is 78.0 Å². The molecule has 2 heterocycles. The summed E-state index contributed by atoms with van der Waals surface area (Å²) in [6.45, 7) is 7.98. The molecular weight excluding hydrogens is 522 g/mol. The first-order valence-electron chi connectivity index (χ1n) is 11.3. The first kappa shape index (κ1) is 24.9. The smallest absolute Gasteiger partial charge is 0.410 e. The number of esters is 1. The number of ether oxygens (including phenoxy) is 2. The lowest BCUT2D eigenvalue weighted by Gasteiger charge is -2.40. The van der Waals surface area contributed by atoms with Gasteiger partial charge in [0, 0.05) is 41.9 Å². The molecule has 1 aromatic heterocycles. The van der Waals surface area contributed by atoms with Crippen molar-refractivity contribution < 1.29 is 19.1 Å². The molecule has 9 heteroatoms. The molecule has 1 amide bonds. The van der Waals surface area contributed by atoms with E-state index < -0.39 is 11.5 Å². The maximum absolute atomic E-state index is 12.8. The Kier molecular flexibility index (Phi) is 7.22. The molecule has 34 heavy (non-hydrogen) atoms. The Morgan fingerprint density at radius 1 is 1.12 bits per heavy atom. The van der Waals surface area contributed by atoms with Gasteiger partial charge in [-0.25, -0.2) is 4.79 Å². The van der Waals surface area contributed by atoms with Crippen LogP contribution >= 0.6 is 27.5 Å². The molecule has 0 spiro atoms. The number of hydrogen-bond acceptors (Lipinski definition) is 6. The van der Waals surface area contributed by atoms with Crippen molar-refractivity contribution in [3.63, 3.8) is 0 Å². The van der Waals surface area contributed by atoms with Gasteiger partial charge in [-0.2, -0.15) is 0 Å². The van der Waals surface area contributed by atoms with Gasteiger partial charge in [-0.15, -0.1) is 0 Å². The minimum atomic E-state index is -0.535. The van der Waals surface area contributed by atoms with Gasteiger partial charge in [-0.1, -0.05) is 17.7 Å². The molecule has 2 aromatic rings. The van der Waals surface area contributed by atoms with E-state index in [0.29, 0.717) is 37.6 Å². The molecule has 1 aliphatic heterocycles. The number of aromatic nitrogens is 1. The molecule has 7 nitrogen and oxygen atoms in total. The number of pyridine rings is 1. The summed E-state index contributed by atoms with van der Waals surface area (Å²) in [5, 5.41) is 0.621. The maximum atomic E-state index is 12.8. The van der Waals surface area contributed by atoms with E-state index >= 15 is 0 Å². The fourth-order valence-corrected chi connectivity index (χ4v) is 5.22. The number of benzene rings is 1. The Morgan fingerprint density at radius 3 is 2.47 bits per heavy atom. The standard InChI is InChI=1S/C25H29BrClN3O4/c1-25(2,3)34-24(32)30-9-7-29(8-10-30)22-18-6-5-17(27)11-15(18)12-20(23(31)33-4)19-13-16(26)14-28-21(19)22/h5-6,11,13-14,20,22H,7-10,12H2,1-4H3. The highest BCUT2D eigenvalue weighted by Crippen LogP contribution is 2.42. The second-order valence-electron chi connectivity index (χ2n) is 9.66. The maximum Gasteiger partial charge on any atom is 0.410 e. The van der Waals surface area contributed by atoms with E-state index in [9.17, 15) is 9.59 Å². The van der Waals surface area contributed by atoms with Gasteiger partial charge < -0.3 is 14.4 Å². The summed E-state index contributed by atoms with van der Waals surface area (Å²) in [7, 11) is 1.41. The summed E-state index contributed by atoms with van der Waals surface area (Å²) in [6.07, 6.45) is 1.94.